The second-order valence-electron chi connectivity index (χ2n) is 4.79. The molecule has 0 aliphatic carbocycles. The Labute approximate surface area is 124 Å². The number of aryl methyl sites for hydroxylation is 2. The first-order valence-corrected chi connectivity index (χ1v) is 7.22. The lowest BCUT2D eigenvalue weighted by Crippen LogP contribution is -2.12. The summed E-state index contributed by atoms with van der Waals surface area (Å²) in [5.41, 5.74) is 0.895. The normalized spacial score (nSPS) is 10.8. The van der Waals surface area contributed by atoms with Gasteiger partial charge in [-0.2, -0.15) is 0 Å². The zero-order valence-electron chi connectivity index (χ0n) is 12.1. The molecule has 2 heterocycles. The number of rotatable bonds is 6. The van der Waals surface area contributed by atoms with E-state index in [-0.39, 0.29) is 0 Å². The molecule has 0 aromatic carbocycles. The van der Waals surface area contributed by atoms with Crippen molar-refractivity contribution in [3.63, 3.8) is 0 Å². The average Bonchev–Trinajstić information content (AvgIpc) is 2.81. The fraction of sp³-hybridized carbons (Fsp3) is 0.500. The summed E-state index contributed by atoms with van der Waals surface area (Å²) in [6.45, 7) is 4.80. The number of hydrogen-bond donors (Lipinski definition) is 1. The molecule has 0 aliphatic heterocycles. The molecule has 6 heteroatoms. The second kappa shape index (κ2) is 6.70. The monoisotopic (exact) mass is 293 g/mol. The molecule has 0 bridgehead atoms. The van der Waals surface area contributed by atoms with Crippen molar-refractivity contribution in [1.29, 1.82) is 0 Å². The van der Waals surface area contributed by atoms with Gasteiger partial charge in [0.25, 0.3) is 0 Å². The van der Waals surface area contributed by atoms with E-state index in [1.165, 1.54) is 0 Å². The first kappa shape index (κ1) is 14.8. The molecule has 0 saturated heterocycles. The maximum Gasteiger partial charge on any atom is 0.137 e. The van der Waals surface area contributed by atoms with Gasteiger partial charge < -0.3 is 9.88 Å². The van der Waals surface area contributed by atoms with Gasteiger partial charge in [0.05, 0.1) is 0 Å². The van der Waals surface area contributed by atoms with Crippen LogP contribution in [0, 0.1) is 6.92 Å². The highest BCUT2D eigenvalue weighted by atomic mass is 35.5. The van der Waals surface area contributed by atoms with Crippen molar-refractivity contribution in [2.45, 2.75) is 33.1 Å². The molecule has 0 spiro atoms. The van der Waals surface area contributed by atoms with E-state index in [9.17, 15) is 0 Å². The first-order valence-electron chi connectivity index (χ1n) is 6.85. The van der Waals surface area contributed by atoms with Crippen LogP contribution in [0.3, 0.4) is 0 Å². The van der Waals surface area contributed by atoms with Gasteiger partial charge in [0.1, 0.15) is 22.6 Å². The minimum absolute atomic E-state index is 0.531. The second-order valence-corrected chi connectivity index (χ2v) is 5.14. The van der Waals surface area contributed by atoms with Gasteiger partial charge >= 0.3 is 0 Å². The third-order valence-electron chi connectivity index (χ3n) is 3.17. The van der Waals surface area contributed by atoms with Crippen LogP contribution in [0.15, 0.2) is 12.4 Å². The number of nitrogens with zero attached hydrogens (tertiary/aromatic N) is 4. The lowest BCUT2D eigenvalue weighted by molar-refractivity contribution is 0.784. The van der Waals surface area contributed by atoms with Crippen LogP contribution in [0.25, 0.3) is 0 Å². The molecule has 2 aromatic rings. The Hall–Kier alpha value is -1.62. The van der Waals surface area contributed by atoms with Crippen LogP contribution in [0.5, 0.6) is 0 Å². The van der Waals surface area contributed by atoms with Crippen LogP contribution in [-0.4, -0.2) is 26.1 Å². The zero-order valence-corrected chi connectivity index (χ0v) is 12.9. The molecule has 0 aliphatic rings. The van der Waals surface area contributed by atoms with E-state index in [1.54, 1.807) is 0 Å². The van der Waals surface area contributed by atoms with Crippen LogP contribution in [0.4, 0.5) is 5.82 Å². The Morgan fingerprint density at radius 2 is 2.10 bits per heavy atom. The number of aromatic nitrogens is 4. The minimum atomic E-state index is 0.531. The van der Waals surface area contributed by atoms with Gasteiger partial charge in [0.2, 0.25) is 0 Å². The molecule has 1 N–H and O–H groups in total. The molecular formula is C14H20ClN5. The molecule has 0 unspecified atom stereocenters. The van der Waals surface area contributed by atoms with Crippen molar-refractivity contribution < 1.29 is 0 Å². The van der Waals surface area contributed by atoms with E-state index >= 15 is 0 Å². The number of imidazole rings is 1. The minimum Gasteiger partial charge on any atom is -0.369 e. The standard InChI is InChI=1S/C14H20ClN5/c1-4-5-11-18-13(15)10(2)14(19-11)17-7-6-12-16-8-9-20(12)3/h8-9H,4-7H2,1-3H3,(H,17,18,19). The lowest BCUT2D eigenvalue weighted by atomic mass is 10.3. The van der Waals surface area contributed by atoms with Crippen LogP contribution >= 0.6 is 11.6 Å². The van der Waals surface area contributed by atoms with E-state index in [2.05, 4.69) is 27.2 Å². The Morgan fingerprint density at radius 3 is 2.75 bits per heavy atom. The lowest BCUT2D eigenvalue weighted by Gasteiger charge is -2.11. The highest BCUT2D eigenvalue weighted by molar-refractivity contribution is 6.30. The van der Waals surface area contributed by atoms with Crippen LogP contribution in [0.2, 0.25) is 5.15 Å². The molecule has 0 fully saturated rings. The molecule has 0 saturated carbocycles. The number of halogens is 1. The molecule has 0 atom stereocenters. The Bertz CT molecular complexity index is 579. The van der Waals surface area contributed by atoms with Crippen molar-refractivity contribution >= 4 is 17.4 Å². The predicted octanol–water partition coefficient (Wildman–Crippen LogP) is 2.78. The Morgan fingerprint density at radius 1 is 1.30 bits per heavy atom. The molecule has 108 valence electrons. The molecule has 2 rings (SSSR count). The molecule has 20 heavy (non-hydrogen) atoms. The molecule has 5 nitrogen and oxygen atoms in total. The van der Waals surface area contributed by atoms with E-state index in [0.29, 0.717) is 5.15 Å². The summed E-state index contributed by atoms with van der Waals surface area (Å²) in [7, 11) is 1.99. The van der Waals surface area contributed by atoms with Crippen molar-refractivity contribution in [2.24, 2.45) is 7.05 Å². The summed E-state index contributed by atoms with van der Waals surface area (Å²) in [6.07, 6.45) is 6.44. The summed E-state index contributed by atoms with van der Waals surface area (Å²) in [5.74, 6) is 2.66. The van der Waals surface area contributed by atoms with Crippen molar-refractivity contribution in [2.75, 3.05) is 11.9 Å². The topological polar surface area (TPSA) is 55.6 Å². The third kappa shape index (κ3) is 3.48. The Balaban J connectivity index is 2.03. The van der Waals surface area contributed by atoms with E-state index in [1.807, 2.05) is 30.9 Å². The van der Waals surface area contributed by atoms with Crippen molar-refractivity contribution in [3.8, 4) is 0 Å². The maximum absolute atomic E-state index is 6.15. The molecular weight excluding hydrogens is 274 g/mol. The predicted molar refractivity (Wildman–Crippen MR) is 81.2 cm³/mol. The largest absolute Gasteiger partial charge is 0.369 e. The van der Waals surface area contributed by atoms with Gasteiger partial charge in [0.15, 0.2) is 0 Å². The number of nitrogens with one attached hydrogen (secondary N) is 1. The average molecular weight is 294 g/mol. The van der Waals surface area contributed by atoms with Gasteiger partial charge in [-0.3, -0.25) is 0 Å². The fourth-order valence-electron chi connectivity index (χ4n) is 1.97. The number of hydrogen-bond acceptors (Lipinski definition) is 4. The summed E-state index contributed by atoms with van der Waals surface area (Å²) < 4.78 is 2.02. The van der Waals surface area contributed by atoms with Crippen LogP contribution < -0.4 is 5.32 Å². The van der Waals surface area contributed by atoms with Crippen molar-refractivity contribution in [3.05, 3.63) is 34.8 Å². The van der Waals surface area contributed by atoms with Gasteiger partial charge in [-0.15, -0.1) is 0 Å². The third-order valence-corrected chi connectivity index (χ3v) is 3.54. The molecule has 0 amide bonds. The van der Waals surface area contributed by atoms with Gasteiger partial charge in [-0.05, 0) is 13.3 Å². The summed E-state index contributed by atoms with van der Waals surface area (Å²) in [5, 5.41) is 3.86. The fourth-order valence-corrected chi connectivity index (χ4v) is 2.16. The van der Waals surface area contributed by atoms with Gasteiger partial charge in [0, 0.05) is 44.4 Å². The summed E-state index contributed by atoms with van der Waals surface area (Å²) in [6, 6.07) is 0. The van der Waals surface area contributed by atoms with Gasteiger partial charge in [-0.25, -0.2) is 15.0 Å². The van der Waals surface area contributed by atoms with E-state index in [4.69, 9.17) is 11.6 Å². The van der Waals surface area contributed by atoms with E-state index < -0.39 is 0 Å². The Kier molecular flexibility index (Phi) is 4.95. The zero-order chi connectivity index (χ0) is 14.5. The highest BCUT2D eigenvalue weighted by Crippen LogP contribution is 2.20. The van der Waals surface area contributed by atoms with Crippen LogP contribution in [-0.2, 0) is 19.9 Å². The van der Waals surface area contributed by atoms with Gasteiger partial charge in [-0.1, -0.05) is 18.5 Å². The van der Waals surface area contributed by atoms with E-state index in [0.717, 1.165) is 48.8 Å². The van der Waals surface area contributed by atoms with Crippen LogP contribution in [0.1, 0.15) is 30.6 Å². The number of anilines is 1. The highest BCUT2D eigenvalue weighted by Gasteiger charge is 2.09. The molecule has 0 radical (unpaired) electrons. The summed E-state index contributed by atoms with van der Waals surface area (Å²) in [4.78, 5) is 13.1. The first-order chi connectivity index (χ1) is 9.61. The summed E-state index contributed by atoms with van der Waals surface area (Å²) >= 11 is 6.15. The SMILES string of the molecule is CCCc1nc(Cl)c(C)c(NCCc2nccn2C)n1. The smallest absolute Gasteiger partial charge is 0.137 e. The van der Waals surface area contributed by atoms with Crippen molar-refractivity contribution in [1.82, 2.24) is 19.5 Å². The maximum atomic E-state index is 6.15. The quantitative estimate of drug-likeness (QED) is 0.832. The molecule has 2 aromatic heterocycles.